The molecule has 3 aromatic heterocycles. The molecule has 0 aromatic carbocycles. The molecule has 1 atom stereocenters. The highest BCUT2D eigenvalue weighted by atomic mass is 16.2. The minimum Gasteiger partial charge on any atom is -0.338 e. The normalized spacial score (nSPS) is 13.7. The summed E-state index contributed by atoms with van der Waals surface area (Å²) in [5.74, 6) is 1.23. The van der Waals surface area contributed by atoms with Gasteiger partial charge in [-0.2, -0.15) is 0 Å². The summed E-state index contributed by atoms with van der Waals surface area (Å²) in [7, 11) is 0. The number of rotatable bonds is 9. The van der Waals surface area contributed by atoms with Gasteiger partial charge in [0, 0.05) is 41.7 Å². The van der Waals surface area contributed by atoms with Crippen LogP contribution in [0, 0.1) is 18.8 Å². The maximum atomic E-state index is 12.3. The standard InChI is InChI=1S/C27H32N6O2/c1-4-17(2)7-10-30-27(35)32-22-15-23(18(3)31-16-22)20-8-11-28-24(13-20)21-9-12-29-25(14-21)33-26(34)19-5-6-19/h8-9,11-17,19H,4-7,10H2,1-3H3,(H,29,33,34)(H2,30,32,35). The number of anilines is 2. The summed E-state index contributed by atoms with van der Waals surface area (Å²) in [6.07, 6.45) is 9.00. The topological polar surface area (TPSA) is 109 Å². The monoisotopic (exact) mass is 472 g/mol. The first-order valence-electron chi connectivity index (χ1n) is 12.2. The van der Waals surface area contributed by atoms with Gasteiger partial charge in [-0.3, -0.25) is 14.8 Å². The lowest BCUT2D eigenvalue weighted by molar-refractivity contribution is -0.117. The SMILES string of the molecule is CCC(C)CCNC(=O)Nc1cnc(C)c(-c2ccnc(-c3ccnc(NC(=O)C4CC4)c3)c2)c1. The fraction of sp³-hybridized carbons (Fsp3) is 0.370. The number of carbonyl (C=O) groups is 2. The van der Waals surface area contributed by atoms with E-state index in [0.29, 0.717) is 24.0 Å². The molecule has 1 aliphatic carbocycles. The molecule has 0 spiro atoms. The molecule has 0 aliphatic heterocycles. The van der Waals surface area contributed by atoms with Crippen molar-refractivity contribution in [1.82, 2.24) is 20.3 Å². The van der Waals surface area contributed by atoms with Gasteiger partial charge in [0.1, 0.15) is 5.82 Å². The number of aryl methyl sites for hydroxylation is 1. The van der Waals surface area contributed by atoms with Crippen molar-refractivity contribution in [2.45, 2.75) is 46.5 Å². The Labute approximate surface area is 206 Å². The Morgan fingerprint density at radius 3 is 2.57 bits per heavy atom. The van der Waals surface area contributed by atoms with E-state index in [4.69, 9.17) is 0 Å². The van der Waals surface area contributed by atoms with Gasteiger partial charge in [0.15, 0.2) is 0 Å². The Bertz CT molecular complexity index is 1210. The average molecular weight is 473 g/mol. The molecular weight excluding hydrogens is 440 g/mol. The van der Waals surface area contributed by atoms with E-state index in [9.17, 15) is 9.59 Å². The van der Waals surface area contributed by atoms with Gasteiger partial charge < -0.3 is 16.0 Å². The fourth-order valence-electron chi connectivity index (χ4n) is 3.69. The molecule has 3 N–H and O–H groups in total. The summed E-state index contributed by atoms with van der Waals surface area (Å²) in [6.45, 7) is 6.89. The first kappa shape index (κ1) is 24.3. The molecule has 182 valence electrons. The molecule has 3 heterocycles. The van der Waals surface area contributed by atoms with Crippen LogP contribution in [0.25, 0.3) is 22.4 Å². The second kappa shape index (κ2) is 11.1. The summed E-state index contributed by atoms with van der Waals surface area (Å²) in [4.78, 5) is 37.7. The van der Waals surface area contributed by atoms with Gasteiger partial charge in [0.05, 0.1) is 17.6 Å². The first-order valence-corrected chi connectivity index (χ1v) is 12.2. The number of amides is 3. The van der Waals surface area contributed by atoms with Crippen LogP contribution in [0.1, 0.15) is 45.2 Å². The van der Waals surface area contributed by atoms with Gasteiger partial charge >= 0.3 is 6.03 Å². The maximum absolute atomic E-state index is 12.3. The zero-order valence-corrected chi connectivity index (χ0v) is 20.5. The van der Waals surface area contributed by atoms with Crippen molar-refractivity contribution in [3.05, 3.63) is 54.6 Å². The third-order valence-corrected chi connectivity index (χ3v) is 6.29. The van der Waals surface area contributed by atoms with E-state index in [0.717, 1.165) is 53.8 Å². The predicted octanol–water partition coefficient (Wildman–Crippen LogP) is 5.42. The number of nitrogens with zero attached hydrogens (tertiary/aromatic N) is 3. The summed E-state index contributed by atoms with van der Waals surface area (Å²) in [6, 6.07) is 9.27. The summed E-state index contributed by atoms with van der Waals surface area (Å²) in [5, 5.41) is 8.67. The van der Waals surface area contributed by atoms with E-state index >= 15 is 0 Å². The maximum Gasteiger partial charge on any atom is 0.319 e. The fourth-order valence-corrected chi connectivity index (χ4v) is 3.69. The van der Waals surface area contributed by atoms with Crippen molar-refractivity contribution >= 4 is 23.4 Å². The van der Waals surface area contributed by atoms with Gasteiger partial charge in [-0.05, 0) is 68.0 Å². The quantitative estimate of drug-likeness (QED) is 0.385. The van der Waals surface area contributed by atoms with Gasteiger partial charge in [-0.25, -0.2) is 9.78 Å². The second-order valence-corrected chi connectivity index (χ2v) is 9.16. The molecule has 8 nitrogen and oxygen atoms in total. The van der Waals surface area contributed by atoms with Crippen molar-refractivity contribution in [3.8, 4) is 22.4 Å². The molecular formula is C27H32N6O2. The van der Waals surface area contributed by atoms with E-state index < -0.39 is 0 Å². The molecule has 1 unspecified atom stereocenters. The largest absolute Gasteiger partial charge is 0.338 e. The molecule has 1 aliphatic rings. The minimum absolute atomic E-state index is 0.0197. The molecule has 3 amide bonds. The third-order valence-electron chi connectivity index (χ3n) is 6.29. The summed E-state index contributed by atoms with van der Waals surface area (Å²) >= 11 is 0. The molecule has 0 bridgehead atoms. The minimum atomic E-state index is -0.238. The van der Waals surface area contributed by atoms with E-state index in [1.165, 1.54) is 0 Å². The second-order valence-electron chi connectivity index (χ2n) is 9.16. The van der Waals surface area contributed by atoms with Crippen LogP contribution >= 0.6 is 0 Å². The van der Waals surface area contributed by atoms with Gasteiger partial charge in [-0.1, -0.05) is 20.3 Å². The number of nitrogens with one attached hydrogen (secondary N) is 3. The van der Waals surface area contributed by atoms with Crippen LogP contribution in [0.3, 0.4) is 0 Å². The van der Waals surface area contributed by atoms with Crippen LogP contribution in [0.5, 0.6) is 0 Å². The number of aromatic nitrogens is 3. The number of carbonyl (C=O) groups excluding carboxylic acids is 2. The number of hydrogen-bond acceptors (Lipinski definition) is 5. The van der Waals surface area contributed by atoms with Crippen molar-refractivity contribution in [2.75, 3.05) is 17.2 Å². The van der Waals surface area contributed by atoms with E-state index in [2.05, 4.69) is 44.7 Å². The zero-order chi connectivity index (χ0) is 24.8. The molecule has 1 fully saturated rings. The zero-order valence-electron chi connectivity index (χ0n) is 20.5. The van der Waals surface area contributed by atoms with Gasteiger partial charge in [0.25, 0.3) is 0 Å². The van der Waals surface area contributed by atoms with E-state index in [-0.39, 0.29) is 17.9 Å². The average Bonchev–Trinajstić information content (AvgIpc) is 3.71. The highest BCUT2D eigenvalue weighted by Gasteiger charge is 2.29. The predicted molar refractivity (Wildman–Crippen MR) is 138 cm³/mol. The first-order chi connectivity index (χ1) is 16.9. The number of pyridine rings is 3. The van der Waals surface area contributed by atoms with Crippen LogP contribution in [-0.2, 0) is 4.79 Å². The molecule has 1 saturated carbocycles. The Hall–Kier alpha value is -3.81. The van der Waals surface area contributed by atoms with Crippen molar-refractivity contribution in [3.63, 3.8) is 0 Å². The summed E-state index contributed by atoms with van der Waals surface area (Å²) in [5.41, 5.74) is 4.92. The lowest BCUT2D eigenvalue weighted by Crippen LogP contribution is -2.30. The molecule has 0 radical (unpaired) electrons. The summed E-state index contributed by atoms with van der Waals surface area (Å²) < 4.78 is 0. The number of urea groups is 1. The van der Waals surface area contributed by atoms with Crippen LogP contribution in [0.4, 0.5) is 16.3 Å². The van der Waals surface area contributed by atoms with Crippen LogP contribution in [0.2, 0.25) is 0 Å². The van der Waals surface area contributed by atoms with Gasteiger partial charge in [0.2, 0.25) is 5.91 Å². The molecule has 3 aromatic rings. The van der Waals surface area contributed by atoms with Crippen LogP contribution in [-0.4, -0.2) is 33.4 Å². The Balaban J connectivity index is 1.49. The van der Waals surface area contributed by atoms with Crippen LogP contribution < -0.4 is 16.0 Å². The molecule has 4 rings (SSSR count). The molecule has 35 heavy (non-hydrogen) atoms. The van der Waals surface area contributed by atoms with Gasteiger partial charge in [-0.15, -0.1) is 0 Å². The van der Waals surface area contributed by atoms with Crippen molar-refractivity contribution in [1.29, 1.82) is 0 Å². The van der Waals surface area contributed by atoms with Crippen molar-refractivity contribution in [2.24, 2.45) is 11.8 Å². The van der Waals surface area contributed by atoms with E-state index in [1.54, 1.807) is 18.6 Å². The Morgan fingerprint density at radius 2 is 1.80 bits per heavy atom. The smallest absolute Gasteiger partial charge is 0.319 e. The Kier molecular flexibility index (Phi) is 7.70. The third kappa shape index (κ3) is 6.62. The van der Waals surface area contributed by atoms with Crippen molar-refractivity contribution < 1.29 is 9.59 Å². The lowest BCUT2D eigenvalue weighted by Gasteiger charge is -2.13. The Morgan fingerprint density at radius 1 is 1.03 bits per heavy atom. The number of hydrogen-bond donors (Lipinski definition) is 3. The molecule has 0 saturated heterocycles. The highest BCUT2D eigenvalue weighted by Crippen LogP contribution is 2.31. The van der Waals surface area contributed by atoms with Crippen LogP contribution in [0.15, 0.2) is 48.9 Å². The lowest BCUT2D eigenvalue weighted by atomic mass is 10.0. The molecule has 8 heteroatoms. The van der Waals surface area contributed by atoms with E-state index in [1.807, 2.05) is 37.3 Å². The highest BCUT2D eigenvalue weighted by molar-refractivity contribution is 5.93.